The summed E-state index contributed by atoms with van der Waals surface area (Å²) in [5.74, 6) is 4.67. The number of nitrogens with zero attached hydrogens (tertiary/aromatic N) is 1. The van der Waals surface area contributed by atoms with E-state index in [0.717, 1.165) is 23.7 Å². The average molecular weight is 400 g/mol. The second-order valence-electron chi connectivity index (χ2n) is 11.2. The van der Waals surface area contributed by atoms with E-state index in [-0.39, 0.29) is 5.41 Å². The standard InChI is InChI=1S/C28H49N/c1-3-5-7-9-24-18-20-28(22-29,21-19-24)27-16-14-26(15-17-27)25-12-10-23(11-13-25)8-6-4-2/h23-27H,3-21H2,1-2H3/t23-,24-,25-,26-,27+,28+. The topological polar surface area (TPSA) is 23.8 Å². The highest BCUT2D eigenvalue weighted by Crippen LogP contribution is 2.52. The van der Waals surface area contributed by atoms with E-state index in [1.807, 2.05) is 0 Å². The molecule has 0 bridgehead atoms. The number of hydrogen-bond acceptors (Lipinski definition) is 1. The largest absolute Gasteiger partial charge is 0.198 e. The van der Waals surface area contributed by atoms with Crippen molar-refractivity contribution in [1.82, 2.24) is 0 Å². The van der Waals surface area contributed by atoms with E-state index in [1.54, 1.807) is 0 Å². The van der Waals surface area contributed by atoms with Gasteiger partial charge in [0.25, 0.3) is 0 Å². The molecule has 0 atom stereocenters. The summed E-state index contributed by atoms with van der Waals surface area (Å²) in [6.07, 6.45) is 26.5. The van der Waals surface area contributed by atoms with Crippen LogP contribution in [0.4, 0.5) is 0 Å². The van der Waals surface area contributed by atoms with Crippen LogP contribution in [0.2, 0.25) is 0 Å². The lowest BCUT2D eigenvalue weighted by Gasteiger charge is -2.45. The monoisotopic (exact) mass is 399 g/mol. The molecule has 0 aromatic heterocycles. The van der Waals surface area contributed by atoms with Gasteiger partial charge in [0.2, 0.25) is 0 Å². The van der Waals surface area contributed by atoms with E-state index >= 15 is 0 Å². The molecule has 0 unspecified atom stereocenters. The van der Waals surface area contributed by atoms with Gasteiger partial charge in [-0.25, -0.2) is 0 Å². The highest BCUT2D eigenvalue weighted by atomic mass is 14.5. The van der Waals surface area contributed by atoms with Gasteiger partial charge in [-0.3, -0.25) is 0 Å². The van der Waals surface area contributed by atoms with Crippen LogP contribution in [0.25, 0.3) is 0 Å². The summed E-state index contributed by atoms with van der Waals surface area (Å²) < 4.78 is 0. The lowest BCUT2D eigenvalue weighted by atomic mass is 9.58. The smallest absolute Gasteiger partial charge is 0.0692 e. The van der Waals surface area contributed by atoms with Crippen LogP contribution in [0.3, 0.4) is 0 Å². The zero-order valence-electron chi connectivity index (χ0n) is 19.8. The highest BCUT2D eigenvalue weighted by Gasteiger charge is 2.44. The van der Waals surface area contributed by atoms with Crippen LogP contribution in [0.15, 0.2) is 0 Å². The van der Waals surface area contributed by atoms with Crippen molar-refractivity contribution in [3.05, 3.63) is 0 Å². The fourth-order valence-corrected chi connectivity index (χ4v) is 7.36. The Balaban J connectivity index is 1.41. The maximum atomic E-state index is 10.2. The van der Waals surface area contributed by atoms with Gasteiger partial charge in [-0.05, 0) is 93.8 Å². The molecule has 3 saturated carbocycles. The predicted molar refractivity (Wildman–Crippen MR) is 125 cm³/mol. The average Bonchev–Trinajstić information content (AvgIpc) is 2.79. The molecule has 0 N–H and O–H groups in total. The Bertz CT molecular complexity index is 479. The second-order valence-corrected chi connectivity index (χ2v) is 11.2. The minimum absolute atomic E-state index is 0.0457. The molecule has 0 aliphatic heterocycles. The first-order valence-electron chi connectivity index (χ1n) is 13.6. The molecule has 1 nitrogen and oxygen atoms in total. The third-order valence-corrected chi connectivity index (χ3v) is 9.51. The Labute approximate surface area is 182 Å². The fraction of sp³-hybridized carbons (Fsp3) is 0.964. The zero-order valence-corrected chi connectivity index (χ0v) is 19.8. The van der Waals surface area contributed by atoms with Crippen molar-refractivity contribution in [2.45, 2.75) is 136 Å². The SMILES string of the molecule is CCCCC[C@H]1CC[C@@](C#N)([C@H]2CC[C@@H]([C@H]3CC[C@H](CCCC)CC3)CC2)CC1. The Hall–Kier alpha value is -0.510. The van der Waals surface area contributed by atoms with Crippen molar-refractivity contribution in [2.75, 3.05) is 0 Å². The van der Waals surface area contributed by atoms with Gasteiger partial charge in [0, 0.05) is 0 Å². The first kappa shape index (κ1) is 23.2. The van der Waals surface area contributed by atoms with Crippen LogP contribution in [0, 0.1) is 46.3 Å². The van der Waals surface area contributed by atoms with Gasteiger partial charge in [-0.2, -0.15) is 5.26 Å². The quantitative estimate of drug-likeness (QED) is 0.355. The van der Waals surface area contributed by atoms with Gasteiger partial charge in [0.05, 0.1) is 11.5 Å². The molecule has 29 heavy (non-hydrogen) atoms. The normalized spacial score (nSPS) is 38.4. The number of hydrogen-bond donors (Lipinski definition) is 0. The van der Waals surface area contributed by atoms with Gasteiger partial charge >= 0.3 is 0 Å². The molecule has 3 rings (SSSR count). The van der Waals surface area contributed by atoms with E-state index < -0.39 is 0 Å². The van der Waals surface area contributed by atoms with E-state index in [2.05, 4.69) is 19.9 Å². The van der Waals surface area contributed by atoms with Crippen LogP contribution >= 0.6 is 0 Å². The molecule has 3 fully saturated rings. The second kappa shape index (κ2) is 11.8. The molecular weight excluding hydrogens is 350 g/mol. The van der Waals surface area contributed by atoms with Crippen LogP contribution in [0.1, 0.15) is 136 Å². The Morgan fingerprint density at radius 2 is 1.17 bits per heavy atom. The molecule has 0 amide bonds. The van der Waals surface area contributed by atoms with Gasteiger partial charge in [-0.1, -0.05) is 71.6 Å². The van der Waals surface area contributed by atoms with Gasteiger partial charge < -0.3 is 0 Å². The predicted octanol–water partition coefficient (Wildman–Crippen LogP) is 9.07. The summed E-state index contributed by atoms with van der Waals surface area (Å²) >= 11 is 0. The van der Waals surface area contributed by atoms with Gasteiger partial charge in [0.1, 0.15) is 0 Å². The maximum Gasteiger partial charge on any atom is 0.0692 e. The van der Waals surface area contributed by atoms with Crippen molar-refractivity contribution >= 4 is 0 Å². The molecule has 0 spiro atoms. The van der Waals surface area contributed by atoms with Crippen molar-refractivity contribution in [3.63, 3.8) is 0 Å². The van der Waals surface area contributed by atoms with Crippen molar-refractivity contribution in [3.8, 4) is 6.07 Å². The summed E-state index contributed by atoms with van der Waals surface area (Å²) in [6, 6.07) is 2.89. The highest BCUT2D eigenvalue weighted by molar-refractivity contribution is 5.06. The Kier molecular flexibility index (Phi) is 9.40. The maximum absolute atomic E-state index is 10.2. The lowest BCUT2D eigenvalue weighted by molar-refractivity contribution is 0.0646. The first-order chi connectivity index (χ1) is 14.2. The summed E-state index contributed by atoms with van der Waals surface area (Å²) in [6.45, 7) is 4.63. The molecule has 1 heteroatoms. The first-order valence-corrected chi connectivity index (χ1v) is 13.6. The van der Waals surface area contributed by atoms with E-state index in [4.69, 9.17) is 0 Å². The molecule has 3 aliphatic carbocycles. The third kappa shape index (κ3) is 6.24. The molecule has 0 heterocycles. The third-order valence-electron chi connectivity index (χ3n) is 9.51. The number of rotatable bonds is 9. The Morgan fingerprint density at radius 1 is 0.655 bits per heavy atom. The van der Waals surface area contributed by atoms with E-state index in [1.165, 1.54) is 122 Å². The van der Waals surface area contributed by atoms with Crippen molar-refractivity contribution in [1.29, 1.82) is 5.26 Å². The molecule has 0 aromatic rings. The minimum atomic E-state index is 0.0457. The summed E-state index contributed by atoms with van der Waals surface area (Å²) in [5.41, 5.74) is 0.0457. The van der Waals surface area contributed by atoms with Crippen LogP contribution in [-0.2, 0) is 0 Å². The van der Waals surface area contributed by atoms with E-state index in [0.29, 0.717) is 5.92 Å². The zero-order chi connectivity index (χ0) is 20.5. The van der Waals surface area contributed by atoms with Crippen molar-refractivity contribution in [2.24, 2.45) is 35.0 Å². The molecule has 0 aromatic carbocycles. The molecular formula is C28H49N. The molecule has 0 radical (unpaired) electrons. The number of nitriles is 1. The van der Waals surface area contributed by atoms with Gasteiger partial charge in [-0.15, -0.1) is 0 Å². The summed E-state index contributed by atoms with van der Waals surface area (Å²) in [5, 5.41) is 10.2. The van der Waals surface area contributed by atoms with Crippen molar-refractivity contribution < 1.29 is 0 Å². The molecule has 0 saturated heterocycles. The molecule has 166 valence electrons. The van der Waals surface area contributed by atoms with Gasteiger partial charge in [0.15, 0.2) is 0 Å². The van der Waals surface area contributed by atoms with E-state index in [9.17, 15) is 5.26 Å². The van der Waals surface area contributed by atoms with Crippen LogP contribution in [-0.4, -0.2) is 0 Å². The summed E-state index contributed by atoms with van der Waals surface area (Å²) in [4.78, 5) is 0. The Morgan fingerprint density at radius 3 is 1.72 bits per heavy atom. The fourth-order valence-electron chi connectivity index (χ4n) is 7.36. The lowest BCUT2D eigenvalue weighted by Crippen LogP contribution is -2.37. The summed E-state index contributed by atoms with van der Waals surface area (Å²) in [7, 11) is 0. The van der Waals surface area contributed by atoms with Crippen LogP contribution < -0.4 is 0 Å². The van der Waals surface area contributed by atoms with Crippen LogP contribution in [0.5, 0.6) is 0 Å². The number of unbranched alkanes of at least 4 members (excludes halogenated alkanes) is 3. The minimum Gasteiger partial charge on any atom is -0.198 e. The molecule has 3 aliphatic rings.